The third-order valence-corrected chi connectivity index (χ3v) is 2.56. The van der Waals surface area contributed by atoms with Crippen LogP contribution >= 0.6 is 0 Å². The second-order valence-electron chi connectivity index (χ2n) is 3.98. The van der Waals surface area contributed by atoms with E-state index in [9.17, 15) is 14.9 Å². The lowest BCUT2D eigenvalue weighted by Gasteiger charge is -2.19. The van der Waals surface area contributed by atoms with Gasteiger partial charge in [0.25, 0.3) is 5.69 Å². The molecule has 0 atom stereocenters. The molecule has 102 valence electrons. The van der Waals surface area contributed by atoms with Gasteiger partial charge in [-0.05, 0) is 12.8 Å². The Kier molecular flexibility index (Phi) is 4.99. The van der Waals surface area contributed by atoms with Gasteiger partial charge >= 0.3 is 5.97 Å². The van der Waals surface area contributed by atoms with Crippen LogP contribution in [0.15, 0.2) is 24.9 Å². The van der Waals surface area contributed by atoms with Crippen molar-refractivity contribution in [2.75, 3.05) is 18.5 Å². The summed E-state index contributed by atoms with van der Waals surface area (Å²) >= 11 is 0. The van der Waals surface area contributed by atoms with Crippen molar-refractivity contribution in [3.63, 3.8) is 0 Å². The van der Waals surface area contributed by atoms with Gasteiger partial charge < -0.3 is 10.0 Å². The summed E-state index contributed by atoms with van der Waals surface area (Å²) in [5.41, 5.74) is -0.504. The Balaban J connectivity index is 3.02. The van der Waals surface area contributed by atoms with E-state index in [1.54, 1.807) is 18.0 Å². The molecule has 0 spiro atoms. The summed E-state index contributed by atoms with van der Waals surface area (Å²) in [6.07, 6.45) is 4.44. The maximum Gasteiger partial charge on any atom is 0.339 e. The topological polar surface area (TPSA) is 96.6 Å². The Morgan fingerprint density at radius 1 is 1.68 bits per heavy atom. The molecule has 0 aliphatic rings. The second kappa shape index (κ2) is 6.48. The van der Waals surface area contributed by atoms with Gasteiger partial charge in [-0.3, -0.25) is 10.1 Å². The van der Waals surface area contributed by atoms with Gasteiger partial charge in [-0.15, -0.1) is 6.58 Å². The highest BCUT2D eigenvalue weighted by atomic mass is 16.6. The number of nitrogens with zero attached hydrogens (tertiary/aromatic N) is 3. The summed E-state index contributed by atoms with van der Waals surface area (Å²) in [6, 6.07) is 1.02. The van der Waals surface area contributed by atoms with Gasteiger partial charge in [-0.1, -0.05) is 6.08 Å². The van der Waals surface area contributed by atoms with Crippen LogP contribution in [0.5, 0.6) is 0 Å². The summed E-state index contributed by atoms with van der Waals surface area (Å²) in [7, 11) is 1.70. The molecule has 0 saturated carbocycles. The number of carboxylic acid groups (broad SMARTS) is 1. The molecule has 0 unspecified atom stereocenters. The second-order valence-corrected chi connectivity index (χ2v) is 3.98. The minimum absolute atomic E-state index is 0.171. The number of rotatable bonds is 7. The first-order valence-corrected chi connectivity index (χ1v) is 5.67. The number of aromatic carboxylic acids is 1. The molecule has 7 nitrogen and oxygen atoms in total. The Morgan fingerprint density at radius 3 is 2.89 bits per heavy atom. The Labute approximate surface area is 110 Å². The van der Waals surface area contributed by atoms with Crippen molar-refractivity contribution in [2.24, 2.45) is 0 Å². The number of nitro groups is 1. The fourth-order valence-corrected chi connectivity index (χ4v) is 1.59. The summed E-state index contributed by atoms with van der Waals surface area (Å²) in [4.78, 5) is 26.6. The third kappa shape index (κ3) is 3.77. The predicted octanol–water partition coefficient (Wildman–Crippen LogP) is 2.09. The van der Waals surface area contributed by atoms with E-state index in [4.69, 9.17) is 5.11 Å². The third-order valence-electron chi connectivity index (χ3n) is 2.56. The molecule has 0 fully saturated rings. The molecule has 1 N–H and O–H groups in total. The molecule has 0 amide bonds. The van der Waals surface area contributed by atoms with E-state index in [2.05, 4.69) is 11.6 Å². The number of hydrogen-bond donors (Lipinski definition) is 1. The fourth-order valence-electron chi connectivity index (χ4n) is 1.59. The highest BCUT2D eigenvalue weighted by molar-refractivity contribution is 5.94. The fraction of sp³-hybridized carbons (Fsp3) is 0.333. The van der Waals surface area contributed by atoms with Crippen LogP contribution in [0.25, 0.3) is 0 Å². The molecule has 0 aliphatic heterocycles. The molecule has 1 rings (SSSR count). The number of anilines is 1. The van der Waals surface area contributed by atoms with Crippen LogP contribution in [0, 0.1) is 10.1 Å². The van der Waals surface area contributed by atoms with Gasteiger partial charge in [0.1, 0.15) is 17.6 Å². The molecule has 1 heterocycles. The first kappa shape index (κ1) is 14.6. The lowest BCUT2D eigenvalue weighted by atomic mass is 10.2. The smallest absolute Gasteiger partial charge is 0.339 e. The van der Waals surface area contributed by atoms with Crippen molar-refractivity contribution in [3.8, 4) is 0 Å². The molecule has 19 heavy (non-hydrogen) atoms. The highest BCUT2D eigenvalue weighted by Gasteiger charge is 2.19. The van der Waals surface area contributed by atoms with Crippen LogP contribution in [0.3, 0.4) is 0 Å². The SMILES string of the molecule is C=CCCCN(C)c1ncc([N+](=O)[O-])cc1C(=O)O. The van der Waals surface area contributed by atoms with Crippen LogP contribution in [0.4, 0.5) is 11.5 Å². The average molecular weight is 265 g/mol. The van der Waals surface area contributed by atoms with Gasteiger partial charge in [0.15, 0.2) is 0 Å². The average Bonchev–Trinajstić information content (AvgIpc) is 2.38. The van der Waals surface area contributed by atoms with Crippen molar-refractivity contribution < 1.29 is 14.8 Å². The number of hydrogen-bond acceptors (Lipinski definition) is 5. The summed E-state index contributed by atoms with van der Waals surface area (Å²) in [6.45, 7) is 4.20. The number of unbranched alkanes of at least 4 members (excludes halogenated alkanes) is 1. The van der Waals surface area contributed by atoms with Crippen molar-refractivity contribution in [3.05, 3.63) is 40.6 Å². The molecular formula is C12H15N3O4. The quantitative estimate of drug-likeness (QED) is 0.351. The number of carbonyl (C=O) groups is 1. The molecule has 0 bridgehead atoms. The summed E-state index contributed by atoms with van der Waals surface area (Å²) in [5, 5.41) is 19.7. The molecule has 0 aromatic carbocycles. The number of aromatic nitrogens is 1. The van der Waals surface area contributed by atoms with E-state index in [1.807, 2.05) is 0 Å². The lowest BCUT2D eigenvalue weighted by molar-refractivity contribution is -0.385. The van der Waals surface area contributed by atoms with E-state index in [0.717, 1.165) is 25.1 Å². The van der Waals surface area contributed by atoms with E-state index >= 15 is 0 Å². The summed E-state index contributed by atoms with van der Waals surface area (Å²) in [5.74, 6) is -1.01. The van der Waals surface area contributed by atoms with Crippen molar-refractivity contribution in [1.82, 2.24) is 4.98 Å². The van der Waals surface area contributed by atoms with E-state index in [1.165, 1.54) is 0 Å². The van der Waals surface area contributed by atoms with Crippen LogP contribution in [0.1, 0.15) is 23.2 Å². The van der Waals surface area contributed by atoms with Crippen molar-refractivity contribution in [1.29, 1.82) is 0 Å². The Morgan fingerprint density at radius 2 is 2.37 bits per heavy atom. The number of pyridine rings is 1. The van der Waals surface area contributed by atoms with Gasteiger partial charge in [0, 0.05) is 19.7 Å². The molecule has 0 saturated heterocycles. The normalized spacial score (nSPS) is 9.95. The lowest BCUT2D eigenvalue weighted by Crippen LogP contribution is -2.22. The zero-order valence-electron chi connectivity index (χ0n) is 10.6. The van der Waals surface area contributed by atoms with Crippen LogP contribution in [-0.4, -0.2) is 34.6 Å². The first-order chi connectivity index (χ1) is 8.97. The maximum absolute atomic E-state index is 11.1. The minimum Gasteiger partial charge on any atom is -0.478 e. The minimum atomic E-state index is -1.23. The van der Waals surface area contributed by atoms with Gasteiger partial charge in [0.05, 0.1) is 4.92 Å². The van der Waals surface area contributed by atoms with E-state index in [-0.39, 0.29) is 17.1 Å². The van der Waals surface area contributed by atoms with Gasteiger partial charge in [0.2, 0.25) is 0 Å². The van der Waals surface area contributed by atoms with Gasteiger partial charge in [-0.2, -0.15) is 0 Å². The molecule has 1 aromatic rings. The highest BCUT2D eigenvalue weighted by Crippen LogP contribution is 2.22. The molecular weight excluding hydrogens is 250 g/mol. The van der Waals surface area contributed by atoms with Gasteiger partial charge in [-0.25, -0.2) is 9.78 Å². The van der Waals surface area contributed by atoms with Crippen LogP contribution in [-0.2, 0) is 0 Å². The monoisotopic (exact) mass is 265 g/mol. The van der Waals surface area contributed by atoms with E-state index < -0.39 is 10.9 Å². The van der Waals surface area contributed by atoms with Crippen LogP contribution < -0.4 is 4.90 Å². The van der Waals surface area contributed by atoms with Crippen molar-refractivity contribution >= 4 is 17.5 Å². The van der Waals surface area contributed by atoms with E-state index in [0.29, 0.717) is 6.54 Å². The largest absolute Gasteiger partial charge is 0.478 e. The Bertz CT molecular complexity index is 502. The maximum atomic E-state index is 11.1. The predicted molar refractivity (Wildman–Crippen MR) is 70.6 cm³/mol. The van der Waals surface area contributed by atoms with Crippen molar-refractivity contribution in [2.45, 2.75) is 12.8 Å². The zero-order valence-corrected chi connectivity index (χ0v) is 10.6. The Hall–Kier alpha value is -2.44. The summed E-state index contributed by atoms with van der Waals surface area (Å²) < 4.78 is 0. The molecule has 0 radical (unpaired) electrons. The van der Waals surface area contributed by atoms with Crippen LogP contribution in [0.2, 0.25) is 0 Å². The molecule has 1 aromatic heterocycles. The first-order valence-electron chi connectivity index (χ1n) is 5.67. The number of carboxylic acids is 1. The molecule has 0 aliphatic carbocycles. The zero-order chi connectivity index (χ0) is 14.4. The standard InChI is InChI=1S/C12H15N3O4/c1-3-4-5-6-14(2)11-10(12(16)17)7-9(8-13-11)15(18)19/h3,7-8H,1,4-6H2,2H3,(H,16,17). The number of allylic oxidation sites excluding steroid dienone is 1. The molecule has 7 heteroatoms.